The van der Waals surface area contributed by atoms with E-state index in [-0.39, 0.29) is 23.4 Å². The molecule has 0 saturated heterocycles. The van der Waals surface area contributed by atoms with Gasteiger partial charge in [0.05, 0.1) is 22.6 Å². The Labute approximate surface area is 163 Å². The molecule has 0 aliphatic heterocycles. The van der Waals surface area contributed by atoms with Crippen LogP contribution in [0.5, 0.6) is 0 Å². The lowest BCUT2D eigenvalue weighted by molar-refractivity contribution is -0.384. The van der Waals surface area contributed by atoms with Gasteiger partial charge in [-0.25, -0.2) is 0 Å². The predicted molar refractivity (Wildman–Crippen MR) is 97.6 cm³/mol. The fourth-order valence-electron chi connectivity index (χ4n) is 2.05. The van der Waals surface area contributed by atoms with Gasteiger partial charge < -0.3 is 10.1 Å². The molecular weight excluding hydrogens is 397 g/mol. The second kappa shape index (κ2) is 8.98. The first-order valence-corrected chi connectivity index (χ1v) is 8.13. The van der Waals surface area contributed by atoms with Crippen molar-refractivity contribution in [2.45, 2.75) is 6.42 Å². The van der Waals surface area contributed by atoms with E-state index in [0.29, 0.717) is 15.6 Å². The number of amides is 1. The average molecular weight is 408 g/mol. The van der Waals surface area contributed by atoms with Crippen molar-refractivity contribution in [3.05, 3.63) is 67.7 Å². The highest BCUT2D eigenvalue weighted by Gasteiger charge is 2.15. The predicted octanol–water partition coefficient (Wildman–Crippen LogP) is 3.50. The van der Waals surface area contributed by atoms with Crippen LogP contribution in [0.1, 0.15) is 11.1 Å². The first-order chi connectivity index (χ1) is 12.8. The molecule has 0 atom stereocenters. The monoisotopic (exact) mass is 407 g/mol. The number of esters is 1. The second-order valence-corrected chi connectivity index (χ2v) is 6.06. The number of nitro benzene ring substituents is 1. The number of carbonyl (C=O) groups excluding carboxylic acids is 2. The van der Waals surface area contributed by atoms with Crippen LogP contribution < -0.4 is 5.32 Å². The quantitative estimate of drug-likeness (QED) is 0.444. The third-order valence-electron chi connectivity index (χ3n) is 3.32. The van der Waals surface area contributed by atoms with E-state index < -0.39 is 23.4 Å². The Bertz CT molecular complexity index is 956. The number of nitriles is 1. The molecule has 0 spiro atoms. The van der Waals surface area contributed by atoms with Crippen LogP contribution in [0.15, 0.2) is 36.4 Å². The van der Waals surface area contributed by atoms with Crippen LogP contribution in [0.3, 0.4) is 0 Å². The molecule has 1 N–H and O–H groups in total. The van der Waals surface area contributed by atoms with Gasteiger partial charge in [0.15, 0.2) is 6.61 Å². The summed E-state index contributed by atoms with van der Waals surface area (Å²) in [6.45, 7) is -0.591. The lowest BCUT2D eigenvalue weighted by Gasteiger charge is -2.08. The van der Waals surface area contributed by atoms with E-state index >= 15 is 0 Å². The van der Waals surface area contributed by atoms with Gasteiger partial charge in [0, 0.05) is 22.2 Å². The van der Waals surface area contributed by atoms with Crippen LogP contribution in [0.25, 0.3) is 0 Å². The van der Waals surface area contributed by atoms with Crippen molar-refractivity contribution in [3.8, 4) is 6.07 Å². The number of nitrogens with one attached hydrogen (secondary N) is 1. The number of benzene rings is 2. The van der Waals surface area contributed by atoms with Gasteiger partial charge in [0.1, 0.15) is 6.07 Å². The highest BCUT2D eigenvalue weighted by atomic mass is 35.5. The normalized spacial score (nSPS) is 9.96. The van der Waals surface area contributed by atoms with E-state index in [1.54, 1.807) is 18.2 Å². The van der Waals surface area contributed by atoms with Gasteiger partial charge in [-0.05, 0) is 23.8 Å². The molecule has 2 aromatic rings. The minimum Gasteiger partial charge on any atom is -0.455 e. The summed E-state index contributed by atoms with van der Waals surface area (Å²) in [4.78, 5) is 33.8. The number of hydrogen-bond donors (Lipinski definition) is 1. The zero-order valence-corrected chi connectivity index (χ0v) is 15.1. The van der Waals surface area contributed by atoms with E-state index in [1.807, 2.05) is 0 Å². The van der Waals surface area contributed by atoms with Gasteiger partial charge in [0.2, 0.25) is 0 Å². The van der Waals surface area contributed by atoms with E-state index in [1.165, 1.54) is 12.1 Å². The summed E-state index contributed by atoms with van der Waals surface area (Å²) in [6.07, 6.45) is -0.149. The summed E-state index contributed by atoms with van der Waals surface area (Å²) in [5.74, 6) is -1.38. The summed E-state index contributed by atoms with van der Waals surface area (Å²) in [5.41, 5.74) is 0.200. The third kappa shape index (κ3) is 5.67. The van der Waals surface area contributed by atoms with E-state index in [9.17, 15) is 19.7 Å². The number of hydrogen-bond acceptors (Lipinski definition) is 6. The molecule has 0 aliphatic carbocycles. The molecule has 138 valence electrons. The zero-order chi connectivity index (χ0) is 20.0. The molecule has 0 aromatic heterocycles. The molecular formula is C17H11Cl2N3O5. The van der Waals surface area contributed by atoms with Gasteiger partial charge in [-0.2, -0.15) is 5.26 Å². The maximum absolute atomic E-state index is 11.9. The third-order valence-corrected chi connectivity index (χ3v) is 3.91. The summed E-state index contributed by atoms with van der Waals surface area (Å²) in [5, 5.41) is 22.8. The maximum Gasteiger partial charge on any atom is 0.310 e. The highest BCUT2D eigenvalue weighted by Crippen LogP contribution is 2.22. The molecule has 1 amide bonds. The molecule has 10 heteroatoms. The number of rotatable bonds is 6. The Hall–Kier alpha value is -3.15. The summed E-state index contributed by atoms with van der Waals surface area (Å²) in [6, 6.07) is 9.78. The molecule has 0 saturated carbocycles. The molecule has 0 bridgehead atoms. The number of carbonyl (C=O) groups is 2. The Morgan fingerprint density at radius 2 is 1.96 bits per heavy atom. The fourth-order valence-corrected chi connectivity index (χ4v) is 2.53. The fraction of sp³-hybridized carbons (Fsp3) is 0.118. The molecule has 0 radical (unpaired) electrons. The topological polar surface area (TPSA) is 122 Å². The minimum atomic E-state index is -0.698. The minimum absolute atomic E-state index is 0.0740. The highest BCUT2D eigenvalue weighted by molar-refractivity contribution is 6.35. The first-order valence-electron chi connectivity index (χ1n) is 7.38. The number of ether oxygens (including phenoxy) is 1. The number of nitrogens with zero attached hydrogens (tertiary/aromatic N) is 2. The Balaban J connectivity index is 1.93. The van der Waals surface area contributed by atoms with Crippen molar-refractivity contribution in [2.75, 3.05) is 11.9 Å². The summed E-state index contributed by atoms with van der Waals surface area (Å²) in [7, 11) is 0. The molecule has 0 heterocycles. The van der Waals surface area contributed by atoms with Crippen molar-refractivity contribution in [2.24, 2.45) is 0 Å². The van der Waals surface area contributed by atoms with Crippen LogP contribution in [0, 0.1) is 21.4 Å². The van der Waals surface area contributed by atoms with Crippen LogP contribution in [-0.4, -0.2) is 23.4 Å². The molecule has 0 aliphatic rings. The zero-order valence-electron chi connectivity index (χ0n) is 13.6. The summed E-state index contributed by atoms with van der Waals surface area (Å²) >= 11 is 11.7. The molecule has 0 unspecified atom stereocenters. The largest absolute Gasteiger partial charge is 0.455 e. The number of non-ortho nitro benzene ring substituents is 1. The van der Waals surface area contributed by atoms with Crippen molar-refractivity contribution in [3.63, 3.8) is 0 Å². The maximum atomic E-state index is 11.9. The van der Waals surface area contributed by atoms with Crippen molar-refractivity contribution in [1.82, 2.24) is 0 Å². The van der Waals surface area contributed by atoms with Gasteiger partial charge in [-0.3, -0.25) is 19.7 Å². The molecule has 2 aromatic carbocycles. The standard InChI is InChI=1S/C17H11Cl2N3O5/c18-12-2-1-10(14(19)7-12)6-17(24)27-9-16(23)21-15-4-3-13(22(25)26)5-11(15)8-20/h1-5,7H,6,9H2,(H,21,23). The van der Waals surface area contributed by atoms with E-state index in [2.05, 4.69) is 5.32 Å². The second-order valence-electron chi connectivity index (χ2n) is 5.22. The lowest BCUT2D eigenvalue weighted by atomic mass is 10.1. The molecule has 27 heavy (non-hydrogen) atoms. The van der Waals surface area contributed by atoms with Crippen molar-refractivity contribution >= 4 is 46.5 Å². The van der Waals surface area contributed by atoms with Gasteiger partial charge in [-0.1, -0.05) is 29.3 Å². The molecule has 8 nitrogen and oxygen atoms in total. The van der Waals surface area contributed by atoms with E-state index in [0.717, 1.165) is 12.1 Å². The van der Waals surface area contributed by atoms with Gasteiger partial charge >= 0.3 is 5.97 Å². The number of nitro groups is 1. The Kier molecular flexibility index (Phi) is 6.71. The molecule has 2 rings (SSSR count). The van der Waals surface area contributed by atoms with Gasteiger partial charge in [0.25, 0.3) is 11.6 Å². The Morgan fingerprint density at radius 3 is 2.59 bits per heavy atom. The van der Waals surface area contributed by atoms with Gasteiger partial charge in [-0.15, -0.1) is 0 Å². The van der Waals surface area contributed by atoms with Crippen LogP contribution in [-0.2, 0) is 20.7 Å². The first kappa shape index (κ1) is 20.2. The average Bonchev–Trinajstić information content (AvgIpc) is 2.62. The van der Waals surface area contributed by atoms with Crippen LogP contribution >= 0.6 is 23.2 Å². The lowest BCUT2D eigenvalue weighted by Crippen LogP contribution is -2.22. The number of anilines is 1. The van der Waals surface area contributed by atoms with E-state index in [4.69, 9.17) is 33.2 Å². The Morgan fingerprint density at radius 1 is 1.22 bits per heavy atom. The SMILES string of the molecule is N#Cc1cc([N+](=O)[O-])ccc1NC(=O)COC(=O)Cc1ccc(Cl)cc1Cl. The number of halogens is 2. The smallest absolute Gasteiger partial charge is 0.310 e. The van der Waals surface area contributed by atoms with Crippen molar-refractivity contribution in [1.29, 1.82) is 5.26 Å². The summed E-state index contributed by atoms with van der Waals surface area (Å²) < 4.78 is 4.87. The van der Waals surface area contributed by atoms with Crippen LogP contribution in [0.4, 0.5) is 11.4 Å². The van der Waals surface area contributed by atoms with Crippen LogP contribution in [0.2, 0.25) is 10.0 Å². The molecule has 0 fully saturated rings. The van der Waals surface area contributed by atoms with Crippen molar-refractivity contribution < 1.29 is 19.2 Å².